The van der Waals surface area contributed by atoms with Crippen LogP contribution in [0.2, 0.25) is 0 Å². The Bertz CT molecular complexity index is 1330. The van der Waals surface area contributed by atoms with Crippen LogP contribution in [0.1, 0.15) is 65.7 Å². The molecule has 1 aliphatic carbocycles. The zero-order chi connectivity index (χ0) is 26.7. The highest BCUT2D eigenvalue weighted by Crippen LogP contribution is 2.35. The van der Waals surface area contributed by atoms with E-state index in [9.17, 15) is 18.0 Å². The summed E-state index contributed by atoms with van der Waals surface area (Å²) in [5, 5.41) is 16.0. The largest absolute Gasteiger partial charge is 0.433 e. The van der Waals surface area contributed by atoms with Crippen molar-refractivity contribution < 1.29 is 18.0 Å². The van der Waals surface area contributed by atoms with Gasteiger partial charge in [-0.2, -0.15) is 18.4 Å². The lowest BCUT2D eigenvalue weighted by atomic mass is 9.83. The molecule has 9 heteroatoms. The Morgan fingerprint density at radius 2 is 1.97 bits per heavy atom. The standard InChI is InChI=1S/C28H30F3N5O/c1-16-9-10-23-22(11-16)24(14-25(35-23)28(29,30)31)34-21-8-4-6-19(13-21)26(33)36-27(37)20-7-3-5-18(12-20)17(2)15-32/h3,5,7,9-12,14,17,19,21,26H,4,6,8,13,33H2,1-2H3,(H,34,35)(H,36,37)/t17?,19?,21-,26?/m0/s1. The summed E-state index contributed by atoms with van der Waals surface area (Å²) in [6.07, 6.45) is -2.16. The van der Waals surface area contributed by atoms with Crippen LogP contribution in [0.15, 0.2) is 48.5 Å². The summed E-state index contributed by atoms with van der Waals surface area (Å²) in [6, 6.07) is 15.2. The highest BCUT2D eigenvalue weighted by atomic mass is 19.4. The zero-order valence-corrected chi connectivity index (χ0v) is 20.8. The number of hydrogen-bond donors (Lipinski definition) is 3. The van der Waals surface area contributed by atoms with Crippen LogP contribution in [0, 0.1) is 24.2 Å². The fraction of sp³-hybridized carbons (Fsp3) is 0.393. The van der Waals surface area contributed by atoms with E-state index in [0.717, 1.165) is 36.5 Å². The zero-order valence-electron chi connectivity index (χ0n) is 20.8. The topological polar surface area (TPSA) is 104 Å². The molecule has 1 amide bonds. The first kappa shape index (κ1) is 26.4. The predicted molar refractivity (Wildman–Crippen MR) is 137 cm³/mol. The van der Waals surface area contributed by atoms with Crippen LogP contribution in [0.5, 0.6) is 0 Å². The van der Waals surface area contributed by atoms with Gasteiger partial charge < -0.3 is 16.4 Å². The Balaban J connectivity index is 1.48. The first-order valence-corrected chi connectivity index (χ1v) is 12.4. The van der Waals surface area contributed by atoms with E-state index < -0.39 is 18.0 Å². The van der Waals surface area contributed by atoms with Crippen LogP contribution in [0.3, 0.4) is 0 Å². The first-order valence-electron chi connectivity index (χ1n) is 12.4. The molecule has 0 spiro atoms. The number of carbonyl (C=O) groups is 1. The van der Waals surface area contributed by atoms with Gasteiger partial charge in [0.05, 0.1) is 23.7 Å². The number of carbonyl (C=O) groups excluding carboxylic acids is 1. The third kappa shape index (κ3) is 6.20. The minimum atomic E-state index is -4.56. The number of nitrogens with one attached hydrogen (secondary N) is 2. The SMILES string of the molecule is Cc1ccc2nc(C(F)(F)F)cc(N[C@H]3CCCC(C(N)NC(=O)c4cccc(C(C)C#N)c4)C3)c2c1. The van der Waals surface area contributed by atoms with Gasteiger partial charge in [0, 0.05) is 22.7 Å². The van der Waals surface area contributed by atoms with Crippen molar-refractivity contribution in [3.63, 3.8) is 0 Å². The highest BCUT2D eigenvalue weighted by Gasteiger charge is 2.34. The van der Waals surface area contributed by atoms with Crippen molar-refractivity contribution in [3.8, 4) is 6.07 Å². The Labute approximate surface area is 214 Å². The summed E-state index contributed by atoms with van der Waals surface area (Å²) >= 11 is 0. The number of aromatic nitrogens is 1. The Kier molecular flexibility index (Phi) is 7.69. The number of nitriles is 1. The number of anilines is 1. The molecule has 1 fully saturated rings. The van der Waals surface area contributed by atoms with E-state index in [4.69, 9.17) is 11.0 Å². The fourth-order valence-electron chi connectivity index (χ4n) is 4.89. The van der Waals surface area contributed by atoms with Gasteiger partial charge in [-0.05, 0) is 74.9 Å². The normalized spacial score (nSPS) is 19.6. The molecule has 194 valence electrons. The lowest BCUT2D eigenvalue weighted by molar-refractivity contribution is -0.140. The van der Waals surface area contributed by atoms with Crippen LogP contribution in [0.25, 0.3) is 10.9 Å². The van der Waals surface area contributed by atoms with Crippen molar-refractivity contribution >= 4 is 22.5 Å². The summed E-state index contributed by atoms with van der Waals surface area (Å²) in [6.45, 7) is 3.65. The van der Waals surface area contributed by atoms with Gasteiger partial charge in [-0.15, -0.1) is 0 Å². The number of aryl methyl sites for hydroxylation is 1. The maximum Gasteiger partial charge on any atom is 0.433 e. The van der Waals surface area contributed by atoms with E-state index in [2.05, 4.69) is 21.7 Å². The Morgan fingerprint density at radius 3 is 2.70 bits per heavy atom. The smallest absolute Gasteiger partial charge is 0.382 e. The van der Waals surface area contributed by atoms with E-state index in [1.54, 1.807) is 43.3 Å². The molecule has 0 aliphatic heterocycles. The van der Waals surface area contributed by atoms with E-state index in [1.807, 2.05) is 13.0 Å². The summed E-state index contributed by atoms with van der Waals surface area (Å²) in [5.74, 6) is -0.703. The highest BCUT2D eigenvalue weighted by molar-refractivity contribution is 5.94. The molecule has 4 N–H and O–H groups in total. The molecule has 3 aromatic rings. The van der Waals surface area contributed by atoms with Gasteiger partial charge in [0.15, 0.2) is 0 Å². The summed E-state index contributed by atoms with van der Waals surface area (Å²) in [5.41, 5.74) is 8.24. The van der Waals surface area contributed by atoms with Crippen LogP contribution in [-0.2, 0) is 6.18 Å². The lowest BCUT2D eigenvalue weighted by Gasteiger charge is -2.34. The average molecular weight is 510 g/mol. The number of nitrogens with zero attached hydrogens (tertiary/aromatic N) is 2. The van der Waals surface area contributed by atoms with Crippen molar-refractivity contribution in [2.75, 3.05) is 5.32 Å². The van der Waals surface area contributed by atoms with E-state index in [0.29, 0.717) is 23.1 Å². The molecule has 37 heavy (non-hydrogen) atoms. The number of amides is 1. The fourth-order valence-corrected chi connectivity index (χ4v) is 4.89. The molecule has 1 saturated carbocycles. The molecular formula is C28H30F3N5O. The van der Waals surface area contributed by atoms with Crippen molar-refractivity contribution in [2.45, 2.75) is 63.8 Å². The van der Waals surface area contributed by atoms with Gasteiger partial charge in [-0.25, -0.2) is 4.98 Å². The maximum absolute atomic E-state index is 13.5. The summed E-state index contributed by atoms with van der Waals surface area (Å²) < 4.78 is 40.5. The van der Waals surface area contributed by atoms with E-state index >= 15 is 0 Å². The van der Waals surface area contributed by atoms with E-state index in [1.165, 1.54) is 0 Å². The molecule has 3 unspecified atom stereocenters. The third-order valence-electron chi connectivity index (χ3n) is 6.98. The number of benzene rings is 2. The molecule has 4 atom stereocenters. The molecule has 0 bridgehead atoms. The molecule has 6 nitrogen and oxygen atoms in total. The number of hydrogen-bond acceptors (Lipinski definition) is 5. The quantitative estimate of drug-likeness (QED) is 0.360. The number of alkyl halides is 3. The molecule has 1 aromatic heterocycles. The average Bonchev–Trinajstić information content (AvgIpc) is 2.88. The number of halogens is 3. The van der Waals surface area contributed by atoms with Gasteiger partial charge in [0.2, 0.25) is 0 Å². The molecule has 2 aromatic carbocycles. The van der Waals surface area contributed by atoms with Gasteiger partial charge in [0.1, 0.15) is 5.69 Å². The minimum Gasteiger partial charge on any atom is -0.382 e. The second kappa shape index (κ2) is 10.8. The monoisotopic (exact) mass is 509 g/mol. The number of fused-ring (bicyclic) bond motifs is 1. The summed E-state index contributed by atoms with van der Waals surface area (Å²) in [7, 11) is 0. The Morgan fingerprint density at radius 1 is 1.19 bits per heavy atom. The van der Waals surface area contributed by atoms with Gasteiger partial charge in [0.25, 0.3) is 5.91 Å². The van der Waals surface area contributed by atoms with Crippen molar-refractivity contribution in [3.05, 3.63) is 70.9 Å². The number of nitrogens with two attached hydrogens (primary N) is 1. The van der Waals surface area contributed by atoms with Crippen LogP contribution in [-0.4, -0.2) is 23.1 Å². The first-order chi connectivity index (χ1) is 17.5. The van der Waals surface area contributed by atoms with Crippen molar-refractivity contribution in [1.82, 2.24) is 10.3 Å². The molecular weight excluding hydrogens is 479 g/mol. The van der Waals surface area contributed by atoms with E-state index in [-0.39, 0.29) is 29.3 Å². The molecule has 4 rings (SSSR count). The van der Waals surface area contributed by atoms with Crippen LogP contribution < -0.4 is 16.4 Å². The predicted octanol–water partition coefficient (Wildman–Crippen LogP) is 5.87. The maximum atomic E-state index is 13.5. The van der Waals surface area contributed by atoms with Crippen LogP contribution in [0.4, 0.5) is 18.9 Å². The third-order valence-corrected chi connectivity index (χ3v) is 6.98. The minimum absolute atomic E-state index is 0.0478. The van der Waals surface area contributed by atoms with Gasteiger partial charge >= 0.3 is 6.18 Å². The van der Waals surface area contributed by atoms with Gasteiger partial charge in [-0.3, -0.25) is 4.79 Å². The number of rotatable bonds is 6. The summed E-state index contributed by atoms with van der Waals surface area (Å²) in [4.78, 5) is 16.7. The molecule has 1 aliphatic rings. The second-order valence-corrected chi connectivity index (χ2v) is 9.82. The van der Waals surface area contributed by atoms with Crippen molar-refractivity contribution in [1.29, 1.82) is 5.26 Å². The van der Waals surface area contributed by atoms with Crippen molar-refractivity contribution in [2.24, 2.45) is 11.7 Å². The van der Waals surface area contributed by atoms with Gasteiger partial charge in [-0.1, -0.05) is 30.2 Å². The Hall–Kier alpha value is -3.64. The molecule has 1 heterocycles. The second-order valence-electron chi connectivity index (χ2n) is 9.82. The molecule has 0 radical (unpaired) electrons. The number of pyridine rings is 1. The molecule has 0 saturated heterocycles. The lowest BCUT2D eigenvalue weighted by Crippen LogP contribution is -2.49. The van der Waals surface area contributed by atoms with Crippen LogP contribution >= 0.6 is 0 Å².